The van der Waals surface area contributed by atoms with E-state index in [-0.39, 0.29) is 28.7 Å². The van der Waals surface area contributed by atoms with Crippen LogP contribution in [0.1, 0.15) is 189 Å². The molecule has 0 aliphatic carbocycles. The van der Waals surface area contributed by atoms with E-state index in [4.69, 9.17) is 9.47 Å². The van der Waals surface area contributed by atoms with Crippen LogP contribution in [-0.4, -0.2) is 34.9 Å². The summed E-state index contributed by atoms with van der Waals surface area (Å²) in [5.74, 6) is -2.13. The minimum atomic E-state index is -1.15. The van der Waals surface area contributed by atoms with Gasteiger partial charge in [0, 0.05) is 0 Å². The van der Waals surface area contributed by atoms with Gasteiger partial charge in [0.1, 0.15) is 22.6 Å². The van der Waals surface area contributed by atoms with Crippen LogP contribution in [0.2, 0.25) is 0 Å². The van der Waals surface area contributed by atoms with Crippen molar-refractivity contribution in [2.45, 2.75) is 175 Å². The van der Waals surface area contributed by atoms with Crippen molar-refractivity contribution in [1.82, 2.24) is 0 Å². The van der Waals surface area contributed by atoms with Gasteiger partial charge in [0.2, 0.25) is 0 Å². The van der Waals surface area contributed by atoms with E-state index in [1.807, 2.05) is 6.92 Å². The molecule has 0 spiro atoms. The van der Waals surface area contributed by atoms with Crippen LogP contribution < -0.4 is 9.47 Å². The summed E-state index contributed by atoms with van der Waals surface area (Å²) in [6.45, 7) is 6.68. The SMILES string of the molecule is CCCCCCCCCCCCCCCCCCCCOc1cc(C(=O)O)c(O[C@H](C)CCCCCC)cc1C(=O)O. The first-order valence-corrected chi connectivity index (χ1v) is 17.3. The Morgan fingerprint density at radius 3 is 1.36 bits per heavy atom. The molecule has 0 amide bonds. The first-order valence-electron chi connectivity index (χ1n) is 17.3. The summed E-state index contributed by atoms with van der Waals surface area (Å²) in [6.07, 6.45) is 28.4. The predicted octanol–water partition coefficient (Wildman–Crippen LogP) is 11.2. The van der Waals surface area contributed by atoms with Gasteiger partial charge in [-0.1, -0.05) is 142 Å². The van der Waals surface area contributed by atoms with Gasteiger partial charge in [-0.2, -0.15) is 0 Å². The Labute approximate surface area is 257 Å². The maximum atomic E-state index is 11.9. The van der Waals surface area contributed by atoms with Crippen LogP contribution in [0.4, 0.5) is 0 Å². The van der Waals surface area contributed by atoms with E-state index in [1.54, 1.807) is 0 Å². The molecule has 1 rings (SSSR count). The summed E-state index contributed by atoms with van der Waals surface area (Å²) in [4.78, 5) is 23.8. The van der Waals surface area contributed by atoms with E-state index in [2.05, 4.69) is 13.8 Å². The molecule has 0 saturated carbocycles. The van der Waals surface area contributed by atoms with E-state index >= 15 is 0 Å². The van der Waals surface area contributed by atoms with Gasteiger partial charge in [-0.15, -0.1) is 0 Å². The highest BCUT2D eigenvalue weighted by molar-refractivity contribution is 5.97. The number of rotatable bonds is 29. The van der Waals surface area contributed by atoms with Crippen LogP contribution >= 0.6 is 0 Å². The van der Waals surface area contributed by atoms with Crippen molar-refractivity contribution in [3.8, 4) is 11.5 Å². The first-order chi connectivity index (χ1) is 20.4. The van der Waals surface area contributed by atoms with Gasteiger partial charge in [-0.3, -0.25) is 0 Å². The molecule has 0 aliphatic rings. The largest absolute Gasteiger partial charge is 0.493 e. The zero-order valence-electron chi connectivity index (χ0n) is 27.2. The van der Waals surface area contributed by atoms with Crippen molar-refractivity contribution in [3.63, 3.8) is 0 Å². The maximum absolute atomic E-state index is 11.9. The zero-order chi connectivity index (χ0) is 30.8. The van der Waals surface area contributed by atoms with Gasteiger partial charge < -0.3 is 19.7 Å². The number of carboxylic acid groups (broad SMARTS) is 2. The Morgan fingerprint density at radius 1 is 0.571 bits per heavy atom. The standard InChI is InChI=1S/C36H62O6/c1-4-6-8-10-11-12-13-14-15-16-17-18-19-20-21-22-23-25-27-41-33-28-32(36(39)40)34(29-31(33)35(37)38)42-30(3)26-24-9-7-5-2/h28-30H,4-27H2,1-3H3,(H,37,38)(H,39,40)/t30-/m1/s1. The molecule has 6 heteroatoms. The first kappa shape index (κ1) is 37.8. The Bertz CT molecular complexity index is 836. The van der Waals surface area contributed by atoms with Crippen molar-refractivity contribution >= 4 is 11.9 Å². The fourth-order valence-corrected chi connectivity index (χ4v) is 5.43. The predicted molar refractivity (Wildman–Crippen MR) is 173 cm³/mol. The normalized spacial score (nSPS) is 11.9. The molecule has 0 heterocycles. The summed E-state index contributed by atoms with van der Waals surface area (Å²) < 4.78 is 11.6. The van der Waals surface area contributed by atoms with Crippen LogP contribution in [-0.2, 0) is 0 Å². The van der Waals surface area contributed by atoms with Crippen molar-refractivity contribution in [3.05, 3.63) is 23.3 Å². The third kappa shape index (κ3) is 18.3. The number of carboxylic acids is 2. The Balaban J connectivity index is 2.24. The maximum Gasteiger partial charge on any atom is 0.339 e. The summed E-state index contributed by atoms with van der Waals surface area (Å²) in [6, 6.07) is 2.61. The quantitative estimate of drug-likeness (QED) is 0.0901. The van der Waals surface area contributed by atoms with Crippen LogP contribution in [0.5, 0.6) is 11.5 Å². The van der Waals surface area contributed by atoms with Crippen LogP contribution in [0.3, 0.4) is 0 Å². The summed E-state index contributed by atoms with van der Waals surface area (Å²) in [5.41, 5.74) is -0.121. The highest BCUT2D eigenvalue weighted by Gasteiger charge is 2.22. The molecule has 242 valence electrons. The minimum Gasteiger partial charge on any atom is -0.493 e. The van der Waals surface area contributed by atoms with Gasteiger partial charge in [0.05, 0.1) is 12.7 Å². The lowest BCUT2D eigenvalue weighted by molar-refractivity contribution is 0.0669. The summed E-state index contributed by atoms with van der Waals surface area (Å²) in [7, 11) is 0. The Kier molecular flexibility index (Phi) is 22.7. The second kappa shape index (κ2) is 25.3. The van der Waals surface area contributed by atoms with Gasteiger partial charge in [-0.05, 0) is 38.3 Å². The van der Waals surface area contributed by atoms with E-state index < -0.39 is 11.9 Å². The van der Waals surface area contributed by atoms with E-state index in [0.29, 0.717) is 6.61 Å². The molecule has 6 nitrogen and oxygen atoms in total. The van der Waals surface area contributed by atoms with Crippen molar-refractivity contribution < 1.29 is 29.3 Å². The molecule has 0 saturated heterocycles. The molecule has 0 unspecified atom stereocenters. The number of ether oxygens (including phenoxy) is 2. The molecule has 2 N–H and O–H groups in total. The van der Waals surface area contributed by atoms with Gasteiger partial charge in [-0.25, -0.2) is 9.59 Å². The molecule has 0 bridgehead atoms. The third-order valence-corrected chi connectivity index (χ3v) is 8.09. The number of hydrogen-bond acceptors (Lipinski definition) is 4. The number of aromatic carboxylic acids is 2. The zero-order valence-corrected chi connectivity index (χ0v) is 27.2. The molecule has 0 radical (unpaired) electrons. The van der Waals surface area contributed by atoms with Crippen LogP contribution in [0, 0.1) is 0 Å². The molecule has 1 atom stereocenters. The average molecular weight is 591 g/mol. The lowest BCUT2D eigenvalue weighted by atomic mass is 10.0. The number of carbonyl (C=O) groups is 2. The summed E-state index contributed by atoms with van der Waals surface area (Å²) >= 11 is 0. The highest BCUT2D eigenvalue weighted by Crippen LogP contribution is 2.31. The minimum absolute atomic E-state index is 0.0596. The Morgan fingerprint density at radius 2 is 0.929 bits per heavy atom. The molecule has 42 heavy (non-hydrogen) atoms. The van der Waals surface area contributed by atoms with Crippen molar-refractivity contribution in [2.75, 3.05) is 6.61 Å². The van der Waals surface area contributed by atoms with Crippen molar-refractivity contribution in [1.29, 1.82) is 0 Å². The second-order valence-electron chi connectivity index (χ2n) is 12.1. The molecular weight excluding hydrogens is 528 g/mol. The number of hydrogen-bond donors (Lipinski definition) is 2. The molecule has 0 fully saturated rings. The topological polar surface area (TPSA) is 93.1 Å². The molecule has 1 aromatic rings. The summed E-state index contributed by atoms with van der Waals surface area (Å²) in [5, 5.41) is 19.5. The lowest BCUT2D eigenvalue weighted by Gasteiger charge is -2.18. The monoisotopic (exact) mass is 590 g/mol. The van der Waals surface area contributed by atoms with Gasteiger partial charge in [0.25, 0.3) is 0 Å². The van der Waals surface area contributed by atoms with E-state index in [9.17, 15) is 19.8 Å². The second-order valence-corrected chi connectivity index (χ2v) is 12.1. The fourth-order valence-electron chi connectivity index (χ4n) is 5.43. The smallest absolute Gasteiger partial charge is 0.339 e. The molecule has 0 aromatic heterocycles. The van der Waals surface area contributed by atoms with Gasteiger partial charge in [0.15, 0.2) is 0 Å². The Hall–Kier alpha value is -2.24. The van der Waals surface area contributed by atoms with Crippen LogP contribution in [0.25, 0.3) is 0 Å². The average Bonchev–Trinajstić information content (AvgIpc) is 2.96. The fraction of sp³-hybridized carbons (Fsp3) is 0.778. The number of unbranched alkanes of at least 4 members (excludes halogenated alkanes) is 20. The third-order valence-electron chi connectivity index (χ3n) is 8.09. The number of benzene rings is 1. The molecule has 0 aliphatic heterocycles. The highest BCUT2D eigenvalue weighted by atomic mass is 16.5. The molecular formula is C36H62O6. The lowest BCUT2D eigenvalue weighted by Crippen LogP contribution is -2.15. The van der Waals surface area contributed by atoms with Crippen molar-refractivity contribution in [2.24, 2.45) is 0 Å². The van der Waals surface area contributed by atoms with Crippen LogP contribution in [0.15, 0.2) is 12.1 Å². The molecule has 1 aromatic carbocycles. The van der Waals surface area contributed by atoms with E-state index in [1.165, 1.54) is 108 Å². The van der Waals surface area contributed by atoms with Gasteiger partial charge >= 0.3 is 11.9 Å². The van der Waals surface area contributed by atoms with E-state index in [0.717, 1.165) is 51.4 Å².